The molecule has 70 valence electrons. The fourth-order valence-electron chi connectivity index (χ4n) is 0.814. The summed E-state index contributed by atoms with van der Waals surface area (Å²) >= 11 is 8.29. The molecule has 0 aliphatic carbocycles. The lowest BCUT2D eigenvalue weighted by Gasteiger charge is -2.04. The highest BCUT2D eigenvalue weighted by atomic mass is 79.9. The molecule has 3 nitrogen and oxygen atoms in total. The van der Waals surface area contributed by atoms with Crippen molar-refractivity contribution in [3.63, 3.8) is 0 Å². The van der Waals surface area contributed by atoms with Gasteiger partial charge in [-0.05, 0) is 22.9 Å². The van der Waals surface area contributed by atoms with E-state index in [1.165, 1.54) is 6.92 Å². The number of carbonyl (C=O) groups is 1. The summed E-state index contributed by atoms with van der Waals surface area (Å²) in [6.07, 6.45) is 0. The van der Waals surface area contributed by atoms with Gasteiger partial charge in [-0.1, -0.05) is 11.6 Å². The van der Waals surface area contributed by atoms with Crippen molar-refractivity contribution in [1.82, 2.24) is 4.98 Å². The molecular weight excluding hydrogens is 264 g/mol. The van der Waals surface area contributed by atoms with Crippen LogP contribution in [0.2, 0.25) is 5.15 Å². The summed E-state index contributed by atoms with van der Waals surface area (Å²) < 4.78 is 13.2. The average Bonchev–Trinajstić information content (AvgIpc) is 2.01. The SMILES string of the molecule is Cc1nc(Cl)c(F)c(C(=O)O)c1Br. The second kappa shape index (κ2) is 3.59. The third kappa shape index (κ3) is 1.81. The molecular formula is C7H4BrClFNO2. The van der Waals surface area contributed by atoms with Gasteiger partial charge in [0, 0.05) is 0 Å². The Balaban J connectivity index is 3.56. The second-order valence-corrected chi connectivity index (χ2v) is 3.45. The number of rotatable bonds is 1. The Morgan fingerprint density at radius 1 is 1.69 bits per heavy atom. The molecule has 0 aromatic carbocycles. The van der Waals surface area contributed by atoms with E-state index in [0.29, 0.717) is 5.69 Å². The number of hydrogen-bond donors (Lipinski definition) is 1. The zero-order valence-corrected chi connectivity index (χ0v) is 8.78. The molecule has 0 unspecified atom stereocenters. The van der Waals surface area contributed by atoms with Gasteiger partial charge in [-0.3, -0.25) is 0 Å². The monoisotopic (exact) mass is 267 g/mol. The van der Waals surface area contributed by atoms with Crippen molar-refractivity contribution in [3.8, 4) is 0 Å². The number of carboxylic acid groups (broad SMARTS) is 1. The Labute approximate surface area is 86.7 Å². The molecule has 13 heavy (non-hydrogen) atoms. The summed E-state index contributed by atoms with van der Waals surface area (Å²) in [6, 6.07) is 0. The minimum Gasteiger partial charge on any atom is -0.478 e. The molecule has 1 heterocycles. The van der Waals surface area contributed by atoms with Gasteiger partial charge in [-0.2, -0.15) is 0 Å². The van der Waals surface area contributed by atoms with Gasteiger partial charge in [-0.15, -0.1) is 0 Å². The first-order valence-corrected chi connectivity index (χ1v) is 4.36. The van der Waals surface area contributed by atoms with Gasteiger partial charge in [0.2, 0.25) is 0 Å². The quantitative estimate of drug-likeness (QED) is 0.797. The second-order valence-electron chi connectivity index (χ2n) is 2.30. The smallest absolute Gasteiger partial charge is 0.340 e. The predicted octanol–water partition coefficient (Wildman–Crippen LogP) is 2.64. The van der Waals surface area contributed by atoms with Crippen LogP contribution in [0, 0.1) is 12.7 Å². The van der Waals surface area contributed by atoms with Gasteiger partial charge in [0.1, 0.15) is 5.56 Å². The number of hydrogen-bond acceptors (Lipinski definition) is 2. The van der Waals surface area contributed by atoms with Gasteiger partial charge < -0.3 is 5.11 Å². The van der Waals surface area contributed by atoms with E-state index in [2.05, 4.69) is 20.9 Å². The maximum Gasteiger partial charge on any atom is 0.340 e. The lowest BCUT2D eigenvalue weighted by atomic mass is 10.2. The van der Waals surface area contributed by atoms with E-state index in [-0.39, 0.29) is 4.47 Å². The van der Waals surface area contributed by atoms with Crippen LogP contribution in [0.5, 0.6) is 0 Å². The highest BCUT2D eigenvalue weighted by Gasteiger charge is 2.20. The Hall–Kier alpha value is -0.680. The first-order chi connectivity index (χ1) is 5.95. The van der Waals surface area contributed by atoms with Gasteiger partial charge in [0.15, 0.2) is 11.0 Å². The van der Waals surface area contributed by atoms with Crippen LogP contribution in [0.15, 0.2) is 4.47 Å². The van der Waals surface area contributed by atoms with Gasteiger partial charge >= 0.3 is 5.97 Å². The number of pyridine rings is 1. The first-order valence-electron chi connectivity index (χ1n) is 3.19. The zero-order valence-electron chi connectivity index (χ0n) is 6.44. The van der Waals surface area contributed by atoms with Crippen LogP contribution in [0.1, 0.15) is 16.1 Å². The van der Waals surface area contributed by atoms with E-state index in [4.69, 9.17) is 16.7 Å². The molecule has 1 rings (SSSR count). The number of aryl methyl sites for hydroxylation is 1. The van der Waals surface area contributed by atoms with Crippen LogP contribution in [-0.2, 0) is 0 Å². The zero-order chi connectivity index (χ0) is 10.2. The Kier molecular flexibility index (Phi) is 2.87. The highest BCUT2D eigenvalue weighted by Crippen LogP contribution is 2.26. The van der Waals surface area contributed by atoms with Crippen LogP contribution < -0.4 is 0 Å². The van der Waals surface area contributed by atoms with Crippen molar-refractivity contribution < 1.29 is 14.3 Å². The molecule has 0 saturated heterocycles. The summed E-state index contributed by atoms with van der Waals surface area (Å²) in [5.74, 6) is -2.40. The molecule has 1 aromatic heterocycles. The fraction of sp³-hybridized carbons (Fsp3) is 0.143. The van der Waals surface area contributed by atoms with Crippen molar-refractivity contribution in [2.45, 2.75) is 6.92 Å². The van der Waals surface area contributed by atoms with E-state index >= 15 is 0 Å². The molecule has 0 atom stereocenters. The molecule has 0 saturated carbocycles. The predicted molar refractivity (Wildman–Crippen MR) is 48.6 cm³/mol. The Morgan fingerprint density at radius 2 is 2.23 bits per heavy atom. The third-order valence-electron chi connectivity index (χ3n) is 1.42. The van der Waals surface area contributed by atoms with Crippen LogP contribution in [0.4, 0.5) is 4.39 Å². The normalized spacial score (nSPS) is 10.2. The van der Waals surface area contributed by atoms with E-state index < -0.39 is 22.5 Å². The first kappa shape index (κ1) is 10.4. The van der Waals surface area contributed by atoms with Crippen molar-refractivity contribution >= 4 is 33.5 Å². The fourth-order valence-corrected chi connectivity index (χ4v) is 1.47. The van der Waals surface area contributed by atoms with Crippen LogP contribution in [0.3, 0.4) is 0 Å². The summed E-state index contributed by atoms with van der Waals surface area (Å²) in [5, 5.41) is 8.21. The summed E-state index contributed by atoms with van der Waals surface area (Å²) in [5.41, 5.74) is -0.152. The van der Waals surface area contributed by atoms with Gasteiger partial charge in [0.25, 0.3) is 0 Å². The maximum absolute atomic E-state index is 13.1. The molecule has 6 heteroatoms. The lowest BCUT2D eigenvalue weighted by Crippen LogP contribution is -2.05. The number of halogens is 3. The maximum atomic E-state index is 13.1. The molecule has 1 N–H and O–H groups in total. The largest absolute Gasteiger partial charge is 0.478 e. The summed E-state index contributed by atoms with van der Waals surface area (Å²) in [4.78, 5) is 14.2. The number of nitrogens with zero attached hydrogens (tertiary/aromatic N) is 1. The van der Waals surface area contributed by atoms with Crippen molar-refractivity contribution in [1.29, 1.82) is 0 Å². The van der Waals surface area contributed by atoms with E-state index in [0.717, 1.165) is 0 Å². The number of aromatic carboxylic acids is 1. The molecule has 0 amide bonds. The molecule has 0 bridgehead atoms. The molecule has 0 aliphatic heterocycles. The molecule has 1 aromatic rings. The topological polar surface area (TPSA) is 50.2 Å². The molecule has 0 fully saturated rings. The Bertz CT molecular complexity index is 357. The summed E-state index contributed by atoms with van der Waals surface area (Å²) in [7, 11) is 0. The number of aromatic nitrogens is 1. The molecule has 0 radical (unpaired) electrons. The number of carboxylic acids is 1. The van der Waals surface area contributed by atoms with Gasteiger partial charge in [-0.25, -0.2) is 14.2 Å². The standard InChI is InChI=1S/C7H4BrClFNO2/c1-2-4(8)3(7(12)13)5(10)6(9)11-2/h1H3,(H,12,13). The third-order valence-corrected chi connectivity index (χ3v) is 2.64. The van der Waals surface area contributed by atoms with Crippen molar-refractivity contribution in [2.75, 3.05) is 0 Å². The summed E-state index contributed by atoms with van der Waals surface area (Å²) in [6.45, 7) is 1.53. The van der Waals surface area contributed by atoms with E-state index in [1.807, 2.05) is 0 Å². The van der Waals surface area contributed by atoms with Gasteiger partial charge in [0.05, 0.1) is 10.2 Å². The van der Waals surface area contributed by atoms with Crippen molar-refractivity contribution in [2.24, 2.45) is 0 Å². The molecule has 0 spiro atoms. The van der Waals surface area contributed by atoms with Crippen LogP contribution in [-0.4, -0.2) is 16.1 Å². The van der Waals surface area contributed by atoms with E-state index in [1.54, 1.807) is 0 Å². The van der Waals surface area contributed by atoms with Crippen LogP contribution >= 0.6 is 27.5 Å². The minimum absolute atomic E-state index is 0.113. The lowest BCUT2D eigenvalue weighted by molar-refractivity contribution is 0.0690. The highest BCUT2D eigenvalue weighted by molar-refractivity contribution is 9.10. The minimum atomic E-state index is -1.38. The average molecular weight is 268 g/mol. The van der Waals surface area contributed by atoms with Crippen molar-refractivity contribution in [3.05, 3.63) is 26.7 Å². The Morgan fingerprint density at radius 3 is 2.69 bits per heavy atom. The van der Waals surface area contributed by atoms with Crippen LogP contribution in [0.25, 0.3) is 0 Å². The molecule has 0 aliphatic rings. The van der Waals surface area contributed by atoms with E-state index in [9.17, 15) is 9.18 Å².